The molecule has 0 aromatic carbocycles. The molecule has 0 radical (unpaired) electrons. The van der Waals surface area contributed by atoms with E-state index in [0.29, 0.717) is 18.3 Å². The van der Waals surface area contributed by atoms with Crippen molar-refractivity contribution in [1.82, 2.24) is 4.90 Å². The molecule has 0 spiro atoms. The Morgan fingerprint density at radius 3 is 2.22 bits per heavy atom. The Morgan fingerprint density at radius 2 is 1.83 bits per heavy atom. The third-order valence-corrected chi connectivity index (χ3v) is 3.28. The predicted octanol–water partition coefficient (Wildman–Crippen LogP) is 1.79. The standard InChI is InChI=1S/C13H27N3O2/c1-6-10(7-11(14)15-17)16-8-12(2,3)18-13(4,5)9-16/h10,17H,6-9H2,1-5H3,(H2,14,15). The molecule has 1 unspecified atom stereocenters. The van der Waals surface area contributed by atoms with E-state index in [1.54, 1.807) is 0 Å². The highest BCUT2D eigenvalue weighted by Crippen LogP contribution is 2.30. The molecule has 18 heavy (non-hydrogen) atoms. The van der Waals surface area contributed by atoms with Crippen molar-refractivity contribution in [3.8, 4) is 0 Å². The largest absolute Gasteiger partial charge is 0.409 e. The predicted molar refractivity (Wildman–Crippen MR) is 72.9 cm³/mol. The molecule has 1 heterocycles. The summed E-state index contributed by atoms with van der Waals surface area (Å²) >= 11 is 0. The fraction of sp³-hybridized carbons (Fsp3) is 0.923. The number of morpholine rings is 1. The molecule has 1 fully saturated rings. The number of nitrogens with two attached hydrogens (primary N) is 1. The maximum absolute atomic E-state index is 8.70. The van der Waals surface area contributed by atoms with Gasteiger partial charge >= 0.3 is 0 Å². The number of rotatable bonds is 4. The summed E-state index contributed by atoms with van der Waals surface area (Å²) in [6.07, 6.45) is 1.57. The maximum atomic E-state index is 8.70. The first-order valence-corrected chi connectivity index (χ1v) is 6.60. The second kappa shape index (κ2) is 5.45. The molecule has 106 valence electrons. The summed E-state index contributed by atoms with van der Waals surface area (Å²) in [6.45, 7) is 12.3. The van der Waals surface area contributed by atoms with E-state index in [1.165, 1.54) is 0 Å². The Kier molecular flexibility index (Phi) is 4.61. The average molecular weight is 257 g/mol. The van der Waals surface area contributed by atoms with Gasteiger partial charge in [0.1, 0.15) is 5.84 Å². The minimum Gasteiger partial charge on any atom is -0.409 e. The van der Waals surface area contributed by atoms with Crippen LogP contribution in [0.15, 0.2) is 5.16 Å². The lowest BCUT2D eigenvalue weighted by Gasteiger charge is -2.49. The van der Waals surface area contributed by atoms with Gasteiger partial charge in [0, 0.05) is 25.6 Å². The number of ether oxygens (including phenoxy) is 1. The Labute approximate surface area is 110 Å². The zero-order valence-corrected chi connectivity index (χ0v) is 12.2. The molecule has 0 saturated carbocycles. The zero-order chi connectivity index (χ0) is 14.0. The molecule has 5 nitrogen and oxygen atoms in total. The smallest absolute Gasteiger partial charge is 0.140 e. The number of nitrogens with zero attached hydrogens (tertiary/aromatic N) is 2. The number of amidine groups is 1. The molecular weight excluding hydrogens is 230 g/mol. The summed E-state index contributed by atoms with van der Waals surface area (Å²) in [7, 11) is 0. The molecule has 1 aliphatic rings. The Bertz CT molecular complexity index is 297. The van der Waals surface area contributed by atoms with E-state index in [4.69, 9.17) is 15.7 Å². The number of hydrogen-bond acceptors (Lipinski definition) is 4. The van der Waals surface area contributed by atoms with Crippen molar-refractivity contribution in [2.75, 3.05) is 13.1 Å². The molecule has 1 aliphatic heterocycles. The van der Waals surface area contributed by atoms with Crippen LogP contribution in [0.5, 0.6) is 0 Å². The average Bonchev–Trinajstić information content (AvgIpc) is 2.20. The minimum atomic E-state index is -0.166. The van der Waals surface area contributed by atoms with Crippen molar-refractivity contribution < 1.29 is 9.94 Å². The second-order valence-electron chi connectivity index (χ2n) is 6.38. The van der Waals surface area contributed by atoms with E-state index in [1.807, 2.05) is 0 Å². The highest BCUT2D eigenvalue weighted by atomic mass is 16.5. The fourth-order valence-electron chi connectivity index (χ4n) is 2.92. The van der Waals surface area contributed by atoms with Crippen LogP contribution in [-0.2, 0) is 4.74 Å². The van der Waals surface area contributed by atoms with E-state index < -0.39 is 0 Å². The van der Waals surface area contributed by atoms with Crippen LogP contribution in [0.2, 0.25) is 0 Å². The molecule has 0 aromatic rings. The van der Waals surface area contributed by atoms with E-state index in [0.717, 1.165) is 19.5 Å². The molecule has 0 aliphatic carbocycles. The minimum absolute atomic E-state index is 0.166. The van der Waals surface area contributed by atoms with Gasteiger partial charge in [-0.25, -0.2) is 0 Å². The summed E-state index contributed by atoms with van der Waals surface area (Å²) in [5.74, 6) is 0.295. The summed E-state index contributed by atoms with van der Waals surface area (Å²) in [4.78, 5) is 2.39. The van der Waals surface area contributed by atoms with Crippen LogP contribution >= 0.6 is 0 Å². The molecular formula is C13H27N3O2. The quantitative estimate of drug-likeness (QED) is 0.348. The van der Waals surface area contributed by atoms with Gasteiger partial charge in [-0.05, 0) is 34.1 Å². The van der Waals surface area contributed by atoms with Gasteiger partial charge in [-0.2, -0.15) is 0 Å². The van der Waals surface area contributed by atoms with Crippen molar-refractivity contribution in [2.45, 2.75) is 64.7 Å². The highest BCUT2D eigenvalue weighted by molar-refractivity contribution is 5.80. The third-order valence-electron chi connectivity index (χ3n) is 3.28. The van der Waals surface area contributed by atoms with Crippen LogP contribution in [0.3, 0.4) is 0 Å². The van der Waals surface area contributed by atoms with Gasteiger partial charge in [-0.1, -0.05) is 12.1 Å². The first-order valence-electron chi connectivity index (χ1n) is 6.60. The Morgan fingerprint density at radius 1 is 1.33 bits per heavy atom. The van der Waals surface area contributed by atoms with Gasteiger partial charge in [-0.15, -0.1) is 0 Å². The van der Waals surface area contributed by atoms with Gasteiger partial charge < -0.3 is 15.7 Å². The van der Waals surface area contributed by atoms with Crippen molar-refractivity contribution in [3.05, 3.63) is 0 Å². The summed E-state index contributed by atoms with van der Waals surface area (Å²) < 4.78 is 6.06. The van der Waals surface area contributed by atoms with E-state index in [-0.39, 0.29) is 11.2 Å². The third kappa shape index (κ3) is 4.14. The van der Waals surface area contributed by atoms with Gasteiger partial charge in [0.05, 0.1) is 11.2 Å². The summed E-state index contributed by atoms with van der Waals surface area (Å²) in [6, 6.07) is 0.295. The molecule has 0 amide bonds. The van der Waals surface area contributed by atoms with Gasteiger partial charge in [-0.3, -0.25) is 4.90 Å². The fourth-order valence-corrected chi connectivity index (χ4v) is 2.92. The molecule has 5 heteroatoms. The van der Waals surface area contributed by atoms with Gasteiger partial charge in [0.15, 0.2) is 0 Å². The van der Waals surface area contributed by atoms with Crippen molar-refractivity contribution >= 4 is 5.84 Å². The maximum Gasteiger partial charge on any atom is 0.140 e. The monoisotopic (exact) mass is 257 g/mol. The Balaban J connectivity index is 2.79. The van der Waals surface area contributed by atoms with Crippen LogP contribution in [0.1, 0.15) is 47.5 Å². The van der Waals surface area contributed by atoms with Crippen LogP contribution in [0.25, 0.3) is 0 Å². The molecule has 1 rings (SSSR count). The first kappa shape index (κ1) is 15.2. The van der Waals surface area contributed by atoms with E-state index >= 15 is 0 Å². The van der Waals surface area contributed by atoms with E-state index in [2.05, 4.69) is 44.7 Å². The molecule has 1 saturated heterocycles. The lowest BCUT2D eigenvalue weighted by atomic mass is 9.95. The van der Waals surface area contributed by atoms with Crippen LogP contribution in [0, 0.1) is 0 Å². The SMILES string of the molecule is CCC(CC(N)=NO)N1CC(C)(C)OC(C)(C)C1. The molecule has 0 aromatic heterocycles. The van der Waals surface area contributed by atoms with Crippen molar-refractivity contribution in [1.29, 1.82) is 0 Å². The highest BCUT2D eigenvalue weighted by Gasteiger charge is 2.40. The number of hydrogen-bond donors (Lipinski definition) is 2. The first-order chi connectivity index (χ1) is 8.19. The lowest BCUT2D eigenvalue weighted by molar-refractivity contribution is -0.187. The summed E-state index contributed by atoms with van der Waals surface area (Å²) in [5, 5.41) is 11.8. The normalized spacial score (nSPS) is 25.9. The number of oxime groups is 1. The van der Waals surface area contributed by atoms with Gasteiger partial charge in [0.2, 0.25) is 0 Å². The summed E-state index contributed by atoms with van der Waals surface area (Å²) in [5.41, 5.74) is 5.30. The van der Waals surface area contributed by atoms with Crippen LogP contribution in [-0.4, -0.2) is 46.3 Å². The van der Waals surface area contributed by atoms with Crippen LogP contribution < -0.4 is 5.73 Å². The molecule has 0 bridgehead atoms. The topological polar surface area (TPSA) is 71.1 Å². The Hall–Kier alpha value is -0.810. The molecule has 1 atom stereocenters. The van der Waals surface area contributed by atoms with Crippen molar-refractivity contribution in [2.24, 2.45) is 10.9 Å². The van der Waals surface area contributed by atoms with Crippen LogP contribution in [0.4, 0.5) is 0 Å². The lowest BCUT2D eigenvalue weighted by Crippen LogP contribution is -2.60. The van der Waals surface area contributed by atoms with Gasteiger partial charge in [0.25, 0.3) is 0 Å². The molecule has 3 N–H and O–H groups in total. The second-order valence-corrected chi connectivity index (χ2v) is 6.38. The van der Waals surface area contributed by atoms with E-state index in [9.17, 15) is 0 Å². The zero-order valence-electron chi connectivity index (χ0n) is 12.2. The van der Waals surface area contributed by atoms with Crippen molar-refractivity contribution in [3.63, 3.8) is 0 Å².